The Morgan fingerprint density at radius 2 is 2.07 bits per heavy atom. The van der Waals surface area contributed by atoms with E-state index in [9.17, 15) is 0 Å². The van der Waals surface area contributed by atoms with Gasteiger partial charge in [-0.3, -0.25) is 0 Å². The number of likely N-dealkylation sites (N-methyl/N-ethyl adjacent to an activating group) is 1. The zero-order valence-electron chi connectivity index (χ0n) is 9.55. The van der Waals surface area contributed by atoms with Crippen molar-refractivity contribution in [2.24, 2.45) is 0 Å². The van der Waals surface area contributed by atoms with Gasteiger partial charge in [-0.15, -0.1) is 0 Å². The van der Waals surface area contributed by atoms with Crippen molar-refractivity contribution in [2.75, 3.05) is 14.2 Å². The number of ether oxygens (including phenoxy) is 1. The van der Waals surface area contributed by atoms with E-state index in [1.807, 2.05) is 0 Å². The van der Waals surface area contributed by atoms with Gasteiger partial charge in [0.05, 0.1) is 6.61 Å². The largest absolute Gasteiger partial charge is 0.380 e. The Morgan fingerprint density at radius 1 is 1.33 bits per heavy atom. The number of hydrogen-bond acceptors (Lipinski definition) is 2. The van der Waals surface area contributed by atoms with Gasteiger partial charge in [0.15, 0.2) is 0 Å². The Morgan fingerprint density at radius 3 is 2.67 bits per heavy atom. The third-order valence-corrected chi connectivity index (χ3v) is 3.23. The van der Waals surface area contributed by atoms with Crippen molar-refractivity contribution in [3.63, 3.8) is 0 Å². The Bertz CT molecular complexity index is 331. The highest BCUT2D eigenvalue weighted by Gasteiger charge is 2.40. The molecule has 1 aromatic carbocycles. The first-order valence-electron chi connectivity index (χ1n) is 5.54. The molecule has 0 heterocycles. The van der Waals surface area contributed by atoms with Gasteiger partial charge in [0.2, 0.25) is 0 Å². The van der Waals surface area contributed by atoms with E-state index in [1.165, 1.54) is 24.0 Å². The van der Waals surface area contributed by atoms with Crippen LogP contribution in [0.15, 0.2) is 24.3 Å². The van der Waals surface area contributed by atoms with Gasteiger partial charge in [0.25, 0.3) is 0 Å². The van der Waals surface area contributed by atoms with Crippen molar-refractivity contribution in [3.8, 4) is 0 Å². The number of benzene rings is 1. The molecule has 0 atom stereocenters. The molecule has 0 saturated heterocycles. The fourth-order valence-corrected chi connectivity index (χ4v) is 2.05. The first kappa shape index (κ1) is 10.7. The van der Waals surface area contributed by atoms with Crippen LogP contribution in [0.4, 0.5) is 0 Å². The lowest BCUT2D eigenvalue weighted by Crippen LogP contribution is -2.29. The molecule has 0 bridgehead atoms. The summed E-state index contributed by atoms with van der Waals surface area (Å²) < 4.78 is 5.14. The lowest BCUT2D eigenvalue weighted by atomic mass is 10.0. The summed E-state index contributed by atoms with van der Waals surface area (Å²) in [6, 6.07) is 8.69. The molecule has 0 unspecified atom stereocenters. The quantitative estimate of drug-likeness (QED) is 0.795. The van der Waals surface area contributed by atoms with Crippen LogP contribution in [0.2, 0.25) is 0 Å². The van der Waals surface area contributed by atoms with Crippen LogP contribution in [0.25, 0.3) is 0 Å². The summed E-state index contributed by atoms with van der Waals surface area (Å²) in [6.07, 6.45) is 3.75. The Kier molecular flexibility index (Phi) is 3.08. The van der Waals surface area contributed by atoms with Gasteiger partial charge in [-0.05, 0) is 37.4 Å². The lowest BCUT2D eigenvalue weighted by molar-refractivity contribution is 0.185. The first-order valence-corrected chi connectivity index (χ1v) is 5.54. The molecule has 2 nitrogen and oxygen atoms in total. The fraction of sp³-hybridized carbons (Fsp3) is 0.538. The van der Waals surface area contributed by atoms with Crippen LogP contribution >= 0.6 is 0 Å². The van der Waals surface area contributed by atoms with Crippen LogP contribution < -0.4 is 5.32 Å². The molecule has 1 saturated carbocycles. The molecule has 0 aromatic heterocycles. The normalized spacial score (nSPS) is 17.7. The van der Waals surface area contributed by atoms with E-state index >= 15 is 0 Å². The van der Waals surface area contributed by atoms with Gasteiger partial charge in [0, 0.05) is 12.6 Å². The molecule has 0 radical (unpaired) electrons. The fourth-order valence-electron chi connectivity index (χ4n) is 2.05. The highest BCUT2D eigenvalue weighted by Crippen LogP contribution is 2.38. The molecular formula is C13H19NO. The molecular weight excluding hydrogens is 186 g/mol. The van der Waals surface area contributed by atoms with Crippen LogP contribution in [-0.2, 0) is 17.8 Å². The highest BCUT2D eigenvalue weighted by atomic mass is 16.5. The molecule has 0 aliphatic heterocycles. The molecule has 15 heavy (non-hydrogen) atoms. The Hall–Kier alpha value is -0.860. The molecule has 82 valence electrons. The van der Waals surface area contributed by atoms with Gasteiger partial charge in [-0.1, -0.05) is 24.3 Å². The van der Waals surface area contributed by atoms with E-state index in [1.54, 1.807) is 7.11 Å². The smallest absolute Gasteiger partial charge is 0.0713 e. The summed E-state index contributed by atoms with van der Waals surface area (Å²) in [5.41, 5.74) is 3.07. The second kappa shape index (κ2) is 4.33. The average Bonchev–Trinajstić information content (AvgIpc) is 3.00. The van der Waals surface area contributed by atoms with Gasteiger partial charge < -0.3 is 10.1 Å². The number of hydrogen-bond donors (Lipinski definition) is 1. The second-order valence-electron chi connectivity index (χ2n) is 4.46. The molecule has 0 amide bonds. The summed E-state index contributed by atoms with van der Waals surface area (Å²) >= 11 is 0. The molecule has 1 N–H and O–H groups in total. The number of methoxy groups -OCH3 is 1. The topological polar surface area (TPSA) is 21.3 Å². The third kappa shape index (κ3) is 2.58. The highest BCUT2D eigenvalue weighted by molar-refractivity contribution is 5.26. The minimum atomic E-state index is 0.395. The van der Waals surface area contributed by atoms with Crippen molar-refractivity contribution in [1.29, 1.82) is 0 Å². The van der Waals surface area contributed by atoms with Crippen LogP contribution in [0.1, 0.15) is 24.0 Å². The third-order valence-electron chi connectivity index (χ3n) is 3.23. The maximum absolute atomic E-state index is 5.14. The summed E-state index contributed by atoms with van der Waals surface area (Å²) in [7, 11) is 3.80. The molecule has 2 rings (SSSR count). The van der Waals surface area contributed by atoms with E-state index in [4.69, 9.17) is 4.74 Å². The predicted molar refractivity (Wildman–Crippen MR) is 61.9 cm³/mol. The van der Waals surface area contributed by atoms with Crippen molar-refractivity contribution < 1.29 is 4.74 Å². The van der Waals surface area contributed by atoms with Crippen LogP contribution in [0.3, 0.4) is 0 Å². The molecule has 2 heteroatoms. The minimum Gasteiger partial charge on any atom is -0.380 e. The molecule has 1 aliphatic carbocycles. The maximum atomic E-state index is 5.14. The van der Waals surface area contributed by atoms with Crippen molar-refractivity contribution in [1.82, 2.24) is 5.32 Å². The molecule has 0 spiro atoms. The van der Waals surface area contributed by atoms with Crippen molar-refractivity contribution >= 4 is 0 Å². The zero-order valence-corrected chi connectivity index (χ0v) is 9.55. The molecule has 1 fully saturated rings. The number of rotatable bonds is 5. The summed E-state index contributed by atoms with van der Waals surface area (Å²) in [5, 5.41) is 3.42. The lowest BCUT2D eigenvalue weighted by Gasteiger charge is -2.14. The zero-order chi connectivity index (χ0) is 10.7. The van der Waals surface area contributed by atoms with Crippen LogP contribution in [0.5, 0.6) is 0 Å². The predicted octanol–water partition coefficient (Wildman–Crippen LogP) is 2.13. The minimum absolute atomic E-state index is 0.395. The molecule has 1 aromatic rings. The van der Waals surface area contributed by atoms with E-state index in [2.05, 4.69) is 36.6 Å². The summed E-state index contributed by atoms with van der Waals surface area (Å²) in [5.74, 6) is 0. The van der Waals surface area contributed by atoms with Gasteiger partial charge >= 0.3 is 0 Å². The van der Waals surface area contributed by atoms with Gasteiger partial charge in [-0.2, -0.15) is 0 Å². The van der Waals surface area contributed by atoms with Crippen LogP contribution in [0, 0.1) is 0 Å². The van der Waals surface area contributed by atoms with E-state index in [-0.39, 0.29) is 0 Å². The monoisotopic (exact) mass is 205 g/mol. The average molecular weight is 205 g/mol. The van der Waals surface area contributed by atoms with Crippen LogP contribution in [-0.4, -0.2) is 19.7 Å². The SMILES string of the molecule is CNC1(Cc2cccc(COC)c2)CC1. The van der Waals surface area contributed by atoms with Gasteiger partial charge in [-0.25, -0.2) is 0 Å². The summed E-state index contributed by atoms with van der Waals surface area (Å²) in [4.78, 5) is 0. The van der Waals surface area contributed by atoms with E-state index in [0.29, 0.717) is 12.1 Å². The molecule has 1 aliphatic rings. The second-order valence-corrected chi connectivity index (χ2v) is 4.46. The van der Waals surface area contributed by atoms with E-state index < -0.39 is 0 Å². The van der Waals surface area contributed by atoms with E-state index in [0.717, 1.165) is 6.42 Å². The van der Waals surface area contributed by atoms with Crippen molar-refractivity contribution in [3.05, 3.63) is 35.4 Å². The van der Waals surface area contributed by atoms with Crippen molar-refractivity contribution in [2.45, 2.75) is 31.4 Å². The maximum Gasteiger partial charge on any atom is 0.0713 e. The number of nitrogens with one attached hydrogen (secondary N) is 1. The summed E-state index contributed by atoms with van der Waals surface area (Å²) in [6.45, 7) is 0.709. The Balaban J connectivity index is 2.05. The van der Waals surface area contributed by atoms with Gasteiger partial charge in [0.1, 0.15) is 0 Å². The standard InChI is InChI=1S/C13H19NO/c1-14-13(6-7-13)9-11-4-3-5-12(8-11)10-15-2/h3-5,8,14H,6-7,9-10H2,1-2H3. The first-order chi connectivity index (χ1) is 7.28. The Labute approximate surface area is 91.6 Å².